The van der Waals surface area contributed by atoms with E-state index in [-0.39, 0.29) is 41.4 Å². The number of aliphatic carboxylic acids is 1. The molecule has 0 spiro atoms. The zero-order chi connectivity index (χ0) is 32.5. The Kier molecular flexibility index (Phi) is 11.0. The molecule has 0 amide bonds. The predicted octanol–water partition coefficient (Wildman–Crippen LogP) is 6.30. The van der Waals surface area contributed by atoms with Gasteiger partial charge in [-0.3, -0.25) is 14.5 Å². The quantitative estimate of drug-likeness (QED) is 0.226. The number of ketones is 1. The van der Waals surface area contributed by atoms with Gasteiger partial charge in [0.05, 0.1) is 31.8 Å². The third-order valence-electron chi connectivity index (χ3n) is 12.2. The van der Waals surface area contributed by atoms with E-state index in [1.807, 2.05) is 0 Å². The van der Waals surface area contributed by atoms with Crippen LogP contribution in [-0.4, -0.2) is 84.2 Å². The van der Waals surface area contributed by atoms with Gasteiger partial charge in [-0.2, -0.15) is 0 Å². The fourth-order valence-corrected chi connectivity index (χ4v) is 10.6. The molecule has 11 atom stereocenters. The molecular weight excluding hydrogens is 574 g/mol. The summed E-state index contributed by atoms with van der Waals surface area (Å²) in [6, 6.07) is 0.242. The Morgan fingerprint density at radius 1 is 1.07 bits per heavy atom. The number of carbonyl (C=O) groups is 3. The minimum Gasteiger partial charge on any atom is -0.481 e. The topological polar surface area (TPSA) is 123 Å². The van der Waals surface area contributed by atoms with Crippen LogP contribution >= 0.6 is 0 Å². The summed E-state index contributed by atoms with van der Waals surface area (Å²) < 4.78 is 18.7. The molecule has 45 heavy (non-hydrogen) atoms. The average molecular weight is 632 g/mol. The van der Waals surface area contributed by atoms with Gasteiger partial charge in [0, 0.05) is 23.3 Å². The lowest BCUT2D eigenvalue weighted by Crippen LogP contribution is -2.64. The monoisotopic (exact) mass is 631 g/mol. The molecule has 0 aromatic carbocycles. The van der Waals surface area contributed by atoms with Crippen LogP contribution in [0.25, 0.3) is 0 Å². The van der Waals surface area contributed by atoms with Gasteiger partial charge in [-0.15, -0.1) is 0 Å². The summed E-state index contributed by atoms with van der Waals surface area (Å²) >= 11 is 0. The molecule has 2 bridgehead atoms. The molecule has 5 aliphatic rings. The van der Waals surface area contributed by atoms with Crippen molar-refractivity contribution in [2.75, 3.05) is 32.9 Å². The number of carboxylic acids is 1. The van der Waals surface area contributed by atoms with Gasteiger partial charge >= 0.3 is 12.1 Å². The molecule has 1 aliphatic heterocycles. The Bertz CT molecular complexity index is 1100. The van der Waals surface area contributed by atoms with Crippen LogP contribution in [0.3, 0.4) is 0 Å². The third kappa shape index (κ3) is 6.60. The Morgan fingerprint density at radius 2 is 1.80 bits per heavy atom. The van der Waals surface area contributed by atoms with E-state index in [2.05, 4.69) is 39.5 Å². The normalized spacial score (nSPS) is 38.2. The summed E-state index contributed by atoms with van der Waals surface area (Å²) in [5.74, 6) is -1.39. The molecule has 9 nitrogen and oxygen atoms in total. The molecule has 7 unspecified atom stereocenters. The molecule has 0 aromatic rings. The SMILES string of the molecule is CCCN(CCC)C(CC)CO[C@@H]1C2COC[C@]3(C[C@H]1OC(=O)O)C1=CC(=O)C4C(CCC(CC(C)C)[C@H]4C(=O)O)C1CCC23. The molecule has 2 N–H and O–H groups in total. The van der Waals surface area contributed by atoms with Crippen LogP contribution in [0, 0.1) is 52.8 Å². The van der Waals surface area contributed by atoms with Crippen molar-refractivity contribution in [1.82, 2.24) is 4.90 Å². The largest absolute Gasteiger partial charge is 0.506 e. The van der Waals surface area contributed by atoms with Crippen LogP contribution in [-0.2, 0) is 23.8 Å². The molecule has 0 radical (unpaired) electrons. The van der Waals surface area contributed by atoms with E-state index >= 15 is 0 Å². The van der Waals surface area contributed by atoms with E-state index < -0.39 is 41.6 Å². The van der Waals surface area contributed by atoms with Crippen molar-refractivity contribution >= 4 is 17.9 Å². The molecule has 3 saturated carbocycles. The predicted molar refractivity (Wildman–Crippen MR) is 170 cm³/mol. The second kappa shape index (κ2) is 14.4. The van der Waals surface area contributed by atoms with Crippen molar-refractivity contribution in [3.63, 3.8) is 0 Å². The molecule has 1 heterocycles. The van der Waals surface area contributed by atoms with Crippen molar-refractivity contribution in [3.8, 4) is 0 Å². The number of carboxylic acid groups (broad SMARTS) is 2. The van der Waals surface area contributed by atoms with Crippen molar-refractivity contribution in [3.05, 3.63) is 11.6 Å². The standard InChI is InChI=1S/C36H57NO8/c1-6-13-37(14-7-2)23(8-3)18-44-33-26-19-43-20-36(17-30(33)45-35(41)42)27(26)12-11-24-25-10-9-22(15-21(4)5)31(34(39)40)32(25)29(38)16-28(24)36/h16,21-27,30-33H,6-15,17-20H2,1-5H3,(H,39,40)(H,41,42)/t22?,23?,24?,25?,26?,27?,30-,31-,32?,33-,36+/m1/s1. The van der Waals surface area contributed by atoms with Gasteiger partial charge in [-0.05, 0) is 107 Å². The Morgan fingerprint density at radius 3 is 2.42 bits per heavy atom. The van der Waals surface area contributed by atoms with Crippen molar-refractivity contribution in [1.29, 1.82) is 0 Å². The summed E-state index contributed by atoms with van der Waals surface area (Å²) in [4.78, 5) is 41.2. The number of hydrogen-bond donors (Lipinski definition) is 2. The summed E-state index contributed by atoms with van der Waals surface area (Å²) in [7, 11) is 0. The van der Waals surface area contributed by atoms with Crippen LogP contribution in [0.1, 0.15) is 92.4 Å². The molecule has 0 aromatic heterocycles. The number of nitrogens with zero attached hydrogens (tertiary/aromatic N) is 1. The summed E-state index contributed by atoms with van der Waals surface area (Å²) in [5, 5.41) is 20.2. The fraction of sp³-hybridized carbons (Fsp3) is 0.861. The van der Waals surface area contributed by atoms with Crippen LogP contribution < -0.4 is 0 Å². The lowest BCUT2D eigenvalue weighted by atomic mass is 9.45. The number of fused-ring (bicyclic) bond motifs is 3. The zero-order valence-corrected chi connectivity index (χ0v) is 28.1. The van der Waals surface area contributed by atoms with Crippen LogP contribution in [0.4, 0.5) is 4.79 Å². The smallest absolute Gasteiger partial charge is 0.481 e. The third-order valence-corrected chi connectivity index (χ3v) is 12.2. The zero-order valence-electron chi connectivity index (χ0n) is 28.1. The first kappa shape index (κ1) is 34.4. The summed E-state index contributed by atoms with van der Waals surface area (Å²) in [6.45, 7) is 14.2. The molecular formula is C36H57NO8. The van der Waals surface area contributed by atoms with Gasteiger partial charge in [-0.1, -0.05) is 40.2 Å². The van der Waals surface area contributed by atoms with Crippen molar-refractivity contribution < 1.29 is 38.8 Å². The Balaban J connectivity index is 1.44. The highest BCUT2D eigenvalue weighted by molar-refractivity contribution is 5.97. The van der Waals surface area contributed by atoms with E-state index in [0.29, 0.717) is 32.2 Å². The average Bonchev–Trinajstić information content (AvgIpc) is 2.98. The van der Waals surface area contributed by atoms with Crippen molar-refractivity contribution in [2.24, 2.45) is 52.8 Å². The molecule has 9 heteroatoms. The van der Waals surface area contributed by atoms with E-state index in [4.69, 9.17) is 14.2 Å². The van der Waals surface area contributed by atoms with Crippen LogP contribution in [0.2, 0.25) is 0 Å². The fourth-order valence-electron chi connectivity index (χ4n) is 10.6. The first-order valence-electron chi connectivity index (χ1n) is 17.9. The van der Waals surface area contributed by atoms with Gasteiger partial charge in [0.25, 0.3) is 0 Å². The number of ether oxygens (including phenoxy) is 3. The van der Waals surface area contributed by atoms with E-state index in [1.54, 1.807) is 6.08 Å². The molecule has 254 valence electrons. The molecule has 4 aliphatic carbocycles. The maximum absolute atomic E-state index is 14.0. The van der Waals surface area contributed by atoms with E-state index in [0.717, 1.165) is 70.0 Å². The van der Waals surface area contributed by atoms with E-state index in [9.17, 15) is 24.6 Å². The molecule has 4 fully saturated rings. The number of allylic oxidation sites excluding steroid dienone is 1. The van der Waals surface area contributed by atoms with Crippen LogP contribution in [0.15, 0.2) is 11.6 Å². The number of hydrogen-bond acceptors (Lipinski definition) is 7. The minimum absolute atomic E-state index is 0.000967. The Hall–Kier alpha value is -1.97. The number of rotatable bonds is 13. The van der Waals surface area contributed by atoms with Gasteiger partial charge in [0.15, 0.2) is 5.78 Å². The Labute approximate surface area is 269 Å². The summed E-state index contributed by atoms with van der Waals surface area (Å²) in [5.41, 5.74) is 0.572. The maximum atomic E-state index is 14.0. The second-order valence-corrected chi connectivity index (χ2v) is 15.2. The van der Waals surface area contributed by atoms with Gasteiger partial charge in [0.1, 0.15) is 6.10 Å². The lowest BCUT2D eigenvalue weighted by Gasteiger charge is -2.62. The van der Waals surface area contributed by atoms with Gasteiger partial charge in [0.2, 0.25) is 0 Å². The maximum Gasteiger partial charge on any atom is 0.506 e. The highest BCUT2D eigenvalue weighted by Crippen LogP contribution is 2.64. The molecule has 5 rings (SSSR count). The lowest BCUT2D eigenvalue weighted by molar-refractivity contribution is -0.220. The molecule has 1 saturated heterocycles. The van der Waals surface area contributed by atoms with Crippen LogP contribution in [0.5, 0.6) is 0 Å². The van der Waals surface area contributed by atoms with Gasteiger partial charge in [-0.25, -0.2) is 4.79 Å². The first-order chi connectivity index (χ1) is 21.6. The summed E-state index contributed by atoms with van der Waals surface area (Å²) in [6.07, 6.45) is 7.28. The van der Waals surface area contributed by atoms with Crippen molar-refractivity contribution in [2.45, 2.75) is 111 Å². The van der Waals surface area contributed by atoms with Gasteiger partial charge < -0.3 is 24.4 Å². The second-order valence-electron chi connectivity index (χ2n) is 15.2. The highest BCUT2D eigenvalue weighted by atomic mass is 16.7. The first-order valence-corrected chi connectivity index (χ1v) is 17.9. The van der Waals surface area contributed by atoms with E-state index in [1.165, 1.54) is 0 Å². The number of carbonyl (C=O) groups excluding carboxylic acids is 1. The minimum atomic E-state index is -1.30. The highest BCUT2D eigenvalue weighted by Gasteiger charge is 2.64.